The van der Waals surface area contributed by atoms with Gasteiger partial charge in [0.05, 0.1) is 25.9 Å². The van der Waals surface area contributed by atoms with Crippen molar-refractivity contribution in [1.29, 1.82) is 0 Å². The van der Waals surface area contributed by atoms with E-state index >= 15 is 0 Å². The van der Waals surface area contributed by atoms with Crippen LogP contribution < -0.4 is 9.47 Å². The largest absolute Gasteiger partial charge is 0.494 e. The van der Waals surface area contributed by atoms with E-state index in [2.05, 4.69) is 0 Å². The van der Waals surface area contributed by atoms with E-state index in [1.54, 1.807) is 0 Å². The smallest absolute Gasteiger partial charge is 0.237 e. The molecule has 0 aromatic heterocycles. The van der Waals surface area contributed by atoms with Gasteiger partial charge in [0.1, 0.15) is 23.5 Å². The zero-order valence-electron chi connectivity index (χ0n) is 12.6. The Balaban J connectivity index is 1.91. The molecule has 2 atom stereocenters. The zero-order valence-corrected chi connectivity index (χ0v) is 13.3. The Bertz CT molecular complexity index is 551. The van der Waals surface area contributed by atoms with E-state index in [1.807, 2.05) is 30.0 Å². The van der Waals surface area contributed by atoms with E-state index in [-0.39, 0.29) is 23.9 Å². The average Bonchev–Trinajstić information content (AvgIpc) is 2.73. The summed E-state index contributed by atoms with van der Waals surface area (Å²) in [5.74, 6) is 1.51. The number of ether oxygens (including phenoxy) is 3. The maximum Gasteiger partial charge on any atom is 0.237 e. The molecule has 5 nitrogen and oxygen atoms in total. The number of hydrogen-bond donors (Lipinski definition) is 0. The molecular weight excluding hydrogens is 306 g/mol. The van der Waals surface area contributed by atoms with Gasteiger partial charge in [-0.2, -0.15) is 0 Å². The van der Waals surface area contributed by atoms with Crippen LogP contribution >= 0.6 is 11.6 Å². The van der Waals surface area contributed by atoms with E-state index in [0.717, 1.165) is 23.5 Å². The van der Waals surface area contributed by atoms with E-state index in [9.17, 15) is 4.79 Å². The number of nitrogens with zero attached hydrogens (tertiary/aromatic N) is 1. The molecule has 0 radical (unpaired) electrons. The van der Waals surface area contributed by atoms with E-state index in [1.165, 1.54) is 0 Å². The molecule has 22 heavy (non-hydrogen) atoms. The lowest BCUT2D eigenvalue weighted by atomic mass is 9.97. The van der Waals surface area contributed by atoms with Crippen molar-refractivity contribution < 1.29 is 19.0 Å². The minimum atomic E-state index is -0.172. The molecule has 6 heteroatoms. The van der Waals surface area contributed by atoms with Crippen LogP contribution in [0.5, 0.6) is 11.5 Å². The Hall–Kier alpha value is -1.46. The first kappa shape index (κ1) is 15.4. The summed E-state index contributed by atoms with van der Waals surface area (Å²) in [5.41, 5.74) is 0.970. The molecule has 0 bridgehead atoms. The Labute approximate surface area is 135 Å². The molecule has 0 spiro atoms. The van der Waals surface area contributed by atoms with E-state index < -0.39 is 0 Å². The third-order valence-corrected chi connectivity index (χ3v) is 4.32. The van der Waals surface area contributed by atoms with Crippen molar-refractivity contribution in [2.75, 3.05) is 32.2 Å². The Morgan fingerprint density at radius 3 is 3.09 bits per heavy atom. The van der Waals surface area contributed by atoms with Gasteiger partial charge in [-0.25, -0.2) is 0 Å². The molecule has 0 aliphatic carbocycles. The van der Waals surface area contributed by atoms with E-state index in [0.29, 0.717) is 26.4 Å². The van der Waals surface area contributed by atoms with Gasteiger partial charge in [-0.05, 0) is 19.1 Å². The molecule has 0 unspecified atom stereocenters. The van der Waals surface area contributed by atoms with Gasteiger partial charge in [0.25, 0.3) is 0 Å². The minimum Gasteiger partial charge on any atom is -0.494 e. The summed E-state index contributed by atoms with van der Waals surface area (Å²) in [5, 5.41) is 0. The SMILES string of the molecule is CCOc1ccc2c(c1)OCC[C@@H]1[C@@H]2OCCN1C(=O)CCl. The first-order valence-electron chi connectivity index (χ1n) is 7.61. The molecule has 1 amide bonds. The third kappa shape index (κ3) is 2.88. The van der Waals surface area contributed by atoms with Crippen LogP contribution in [0, 0.1) is 0 Å². The number of halogens is 1. The van der Waals surface area contributed by atoms with Gasteiger partial charge in [-0.3, -0.25) is 4.79 Å². The first-order chi connectivity index (χ1) is 10.7. The summed E-state index contributed by atoms with van der Waals surface area (Å²) in [6, 6.07) is 5.75. The molecule has 1 aromatic rings. The second-order valence-electron chi connectivity index (χ2n) is 5.35. The lowest BCUT2D eigenvalue weighted by Gasteiger charge is -2.40. The molecule has 1 aromatic carbocycles. The summed E-state index contributed by atoms with van der Waals surface area (Å²) in [6.45, 7) is 4.19. The molecule has 0 N–H and O–H groups in total. The predicted octanol–water partition coefficient (Wildman–Crippen LogP) is 2.38. The molecule has 2 heterocycles. The summed E-state index contributed by atoms with van der Waals surface area (Å²) >= 11 is 5.73. The molecule has 0 saturated carbocycles. The van der Waals surface area contributed by atoms with Gasteiger partial charge in [0.15, 0.2) is 0 Å². The summed E-state index contributed by atoms with van der Waals surface area (Å²) < 4.78 is 17.3. The Morgan fingerprint density at radius 1 is 1.45 bits per heavy atom. The molecule has 2 aliphatic heterocycles. The molecule has 3 rings (SSSR count). The van der Waals surface area contributed by atoms with Gasteiger partial charge >= 0.3 is 0 Å². The second kappa shape index (κ2) is 6.75. The summed E-state index contributed by atoms with van der Waals surface area (Å²) in [7, 11) is 0. The molecule has 2 aliphatic rings. The van der Waals surface area contributed by atoms with Crippen molar-refractivity contribution in [3.05, 3.63) is 23.8 Å². The average molecular weight is 326 g/mol. The van der Waals surface area contributed by atoms with E-state index in [4.69, 9.17) is 25.8 Å². The van der Waals surface area contributed by atoms with Gasteiger partial charge in [-0.1, -0.05) is 0 Å². The Kier molecular flexibility index (Phi) is 4.74. The Morgan fingerprint density at radius 2 is 2.32 bits per heavy atom. The van der Waals surface area contributed by atoms with Crippen molar-refractivity contribution in [3.8, 4) is 11.5 Å². The number of fused-ring (bicyclic) bond motifs is 3. The maximum absolute atomic E-state index is 12.1. The van der Waals surface area contributed by atoms with Crippen LogP contribution in [-0.2, 0) is 9.53 Å². The molecular formula is C16H20ClNO4. The summed E-state index contributed by atoms with van der Waals surface area (Å²) in [4.78, 5) is 13.9. The number of carbonyl (C=O) groups is 1. The normalized spacial score (nSPS) is 23.8. The molecule has 1 fully saturated rings. The van der Waals surface area contributed by atoms with Crippen molar-refractivity contribution in [3.63, 3.8) is 0 Å². The highest BCUT2D eigenvalue weighted by Crippen LogP contribution is 2.40. The van der Waals surface area contributed by atoms with Crippen LogP contribution in [0.15, 0.2) is 18.2 Å². The quantitative estimate of drug-likeness (QED) is 0.801. The van der Waals surface area contributed by atoms with Crippen molar-refractivity contribution >= 4 is 17.5 Å². The summed E-state index contributed by atoms with van der Waals surface area (Å²) in [6.07, 6.45) is 0.556. The van der Waals surface area contributed by atoms with Gasteiger partial charge in [-0.15, -0.1) is 11.6 Å². The maximum atomic E-state index is 12.1. The van der Waals surface area contributed by atoms with Crippen molar-refractivity contribution in [2.45, 2.75) is 25.5 Å². The highest BCUT2D eigenvalue weighted by atomic mass is 35.5. The van der Waals surface area contributed by atoms with Crippen LogP contribution in [0.3, 0.4) is 0 Å². The van der Waals surface area contributed by atoms with Gasteiger partial charge in [0.2, 0.25) is 5.91 Å². The first-order valence-corrected chi connectivity index (χ1v) is 8.14. The number of rotatable bonds is 3. The highest BCUT2D eigenvalue weighted by molar-refractivity contribution is 6.27. The number of morpholine rings is 1. The fourth-order valence-electron chi connectivity index (χ4n) is 3.13. The monoisotopic (exact) mass is 325 g/mol. The van der Waals surface area contributed by atoms with Crippen LogP contribution in [-0.4, -0.2) is 49.1 Å². The van der Waals surface area contributed by atoms with Crippen LogP contribution in [0.2, 0.25) is 0 Å². The number of amides is 1. The fourth-order valence-corrected chi connectivity index (χ4v) is 3.28. The second-order valence-corrected chi connectivity index (χ2v) is 5.62. The van der Waals surface area contributed by atoms with Crippen LogP contribution in [0.25, 0.3) is 0 Å². The lowest BCUT2D eigenvalue weighted by Crippen LogP contribution is -2.50. The van der Waals surface area contributed by atoms with Crippen molar-refractivity contribution in [1.82, 2.24) is 4.90 Å². The van der Waals surface area contributed by atoms with Crippen LogP contribution in [0.4, 0.5) is 0 Å². The number of benzene rings is 1. The van der Waals surface area contributed by atoms with Gasteiger partial charge < -0.3 is 19.1 Å². The standard InChI is InChI=1S/C16H20ClNO4/c1-2-20-11-3-4-12-14(9-11)21-7-5-13-16(12)22-8-6-18(13)15(19)10-17/h3-4,9,13,16H,2,5-8,10H2,1H3/t13-,16-/m1/s1. The van der Waals surface area contributed by atoms with Crippen LogP contribution in [0.1, 0.15) is 25.0 Å². The predicted molar refractivity (Wildman–Crippen MR) is 82.6 cm³/mol. The molecule has 120 valence electrons. The zero-order chi connectivity index (χ0) is 15.5. The number of carbonyl (C=O) groups excluding carboxylic acids is 1. The third-order valence-electron chi connectivity index (χ3n) is 4.09. The number of hydrogen-bond acceptors (Lipinski definition) is 4. The minimum absolute atomic E-state index is 0.000210. The topological polar surface area (TPSA) is 48.0 Å². The van der Waals surface area contributed by atoms with Gasteiger partial charge in [0, 0.05) is 24.6 Å². The van der Waals surface area contributed by atoms with Crippen molar-refractivity contribution in [2.24, 2.45) is 0 Å². The highest BCUT2D eigenvalue weighted by Gasteiger charge is 2.38. The number of alkyl halides is 1. The fraction of sp³-hybridized carbons (Fsp3) is 0.562. The lowest BCUT2D eigenvalue weighted by molar-refractivity contribution is -0.144. The molecule has 1 saturated heterocycles.